The average molecular weight is 269 g/mol. The van der Waals surface area contributed by atoms with Crippen molar-refractivity contribution >= 4 is 0 Å². The van der Waals surface area contributed by atoms with Crippen LogP contribution in [-0.4, -0.2) is 38.0 Å². The fourth-order valence-electron chi connectivity index (χ4n) is 3.35. The van der Waals surface area contributed by atoms with Crippen LogP contribution in [0.4, 0.5) is 0 Å². The molecule has 4 unspecified atom stereocenters. The topological polar surface area (TPSA) is 30.5 Å². The van der Waals surface area contributed by atoms with Crippen molar-refractivity contribution in [1.82, 2.24) is 5.32 Å². The molecule has 0 aliphatic heterocycles. The second-order valence-electron chi connectivity index (χ2n) is 7.36. The molecular formula is C16H31NO2. The van der Waals surface area contributed by atoms with E-state index in [0.717, 1.165) is 13.0 Å². The van der Waals surface area contributed by atoms with E-state index in [1.807, 2.05) is 7.11 Å². The molecule has 0 bridgehead atoms. The Hall–Kier alpha value is -0.120. The smallest absolute Gasteiger partial charge is 0.0656 e. The molecule has 0 heterocycles. The van der Waals surface area contributed by atoms with Crippen molar-refractivity contribution in [2.45, 2.75) is 77.7 Å². The monoisotopic (exact) mass is 269 g/mol. The van der Waals surface area contributed by atoms with Crippen molar-refractivity contribution in [3.8, 4) is 0 Å². The third-order valence-electron chi connectivity index (χ3n) is 4.96. The van der Waals surface area contributed by atoms with Crippen LogP contribution < -0.4 is 5.32 Å². The van der Waals surface area contributed by atoms with Gasteiger partial charge in [0.15, 0.2) is 0 Å². The molecule has 2 aliphatic rings. The molecule has 3 heteroatoms. The minimum absolute atomic E-state index is 0.264. The minimum Gasteiger partial charge on any atom is -0.381 e. The lowest BCUT2D eigenvalue weighted by atomic mass is 9.64. The maximum atomic E-state index is 6.03. The highest BCUT2D eigenvalue weighted by Crippen LogP contribution is 2.43. The highest BCUT2D eigenvalue weighted by atomic mass is 16.5. The zero-order valence-electron chi connectivity index (χ0n) is 13.2. The van der Waals surface area contributed by atoms with Gasteiger partial charge in [0.1, 0.15) is 0 Å². The number of methoxy groups -OCH3 is 1. The van der Waals surface area contributed by atoms with Crippen LogP contribution in [-0.2, 0) is 9.47 Å². The molecule has 19 heavy (non-hydrogen) atoms. The van der Waals surface area contributed by atoms with Crippen molar-refractivity contribution in [2.75, 3.05) is 13.7 Å². The molecule has 112 valence electrons. The van der Waals surface area contributed by atoms with E-state index in [1.54, 1.807) is 0 Å². The lowest BCUT2D eigenvalue weighted by molar-refractivity contribution is -0.125. The molecule has 0 aromatic heterocycles. The standard InChI is InChI=1S/C16H31NO2/c1-11(2)10-19-15-9-14(16(15,3)4)17-12-6-7-13(8-12)18-5/h11-15,17H,6-10H2,1-5H3. The molecule has 2 aliphatic carbocycles. The number of rotatable bonds is 6. The van der Waals surface area contributed by atoms with Crippen molar-refractivity contribution < 1.29 is 9.47 Å². The molecule has 2 fully saturated rings. The summed E-state index contributed by atoms with van der Waals surface area (Å²) in [6, 6.07) is 1.24. The summed E-state index contributed by atoms with van der Waals surface area (Å²) in [6.07, 6.45) is 5.67. The van der Waals surface area contributed by atoms with E-state index in [4.69, 9.17) is 9.47 Å². The number of nitrogens with one attached hydrogen (secondary N) is 1. The fraction of sp³-hybridized carbons (Fsp3) is 1.00. The lowest BCUT2D eigenvalue weighted by Gasteiger charge is -2.53. The Balaban J connectivity index is 1.75. The van der Waals surface area contributed by atoms with Gasteiger partial charge >= 0.3 is 0 Å². The Kier molecular flexibility index (Phi) is 4.91. The minimum atomic E-state index is 0.264. The van der Waals surface area contributed by atoms with Gasteiger partial charge in [-0.3, -0.25) is 0 Å². The summed E-state index contributed by atoms with van der Waals surface area (Å²) in [7, 11) is 1.83. The van der Waals surface area contributed by atoms with Crippen LogP contribution >= 0.6 is 0 Å². The molecule has 0 saturated heterocycles. The molecule has 3 nitrogen and oxygen atoms in total. The van der Waals surface area contributed by atoms with E-state index in [1.165, 1.54) is 19.3 Å². The normalized spacial score (nSPS) is 37.6. The quantitative estimate of drug-likeness (QED) is 0.804. The lowest BCUT2D eigenvalue weighted by Crippen LogP contribution is -2.62. The summed E-state index contributed by atoms with van der Waals surface area (Å²) in [4.78, 5) is 0. The van der Waals surface area contributed by atoms with Crippen LogP contribution in [0.25, 0.3) is 0 Å². The van der Waals surface area contributed by atoms with E-state index >= 15 is 0 Å². The maximum Gasteiger partial charge on any atom is 0.0656 e. The summed E-state index contributed by atoms with van der Waals surface area (Å²) in [5.41, 5.74) is 0.264. The first-order chi connectivity index (χ1) is 8.93. The van der Waals surface area contributed by atoms with Crippen LogP contribution in [0.1, 0.15) is 53.4 Å². The van der Waals surface area contributed by atoms with Crippen LogP contribution in [0, 0.1) is 11.3 Å². The Morgan fingerprint density at radius 3 is 2.47 bits per heavy atom. The van der Waals surface area contributed by atoms with Gasteiger partial charge in [-0.1, -0.05) is 27.7 Å². The Morgan fingerprint density at radius 1 is 1.21 bits per heavy atom. The van der Waals surface area contributed by atoms with Gasteiger partial charge in [-0.2, -0.15) is 0 Å². The first-order valence-corrected chi connectivity index (χ1v) is 7.84. The Labute approximate surface area is 118 Å². The second-order valence-corrected chi connectivity index (χ2v) is 7.36. The molecule has 0 spiro atoms. The molecule has 0 aromatic rings. The molecule has 0 radical (unpaired) electrons. The van der Waals surface area contributed by atoms with E-state index < -0.39 is 0 Å². The first kappa shape index (κ1) is 15.3. The van der Waals surface area contributed by atoms with E-state index in [0.29, 0.717) is 30.2 Å². The zero-order chi connectivity index (χ0) is 14.0. The highest BCUT2D eigenvalue weighted by molar-refractivity contribution is 5.04. The van der Waals surface area contributed by atoms with Gasteiger partial charge in [-0.15, -0.1) is 0 Å². The molecule has 4 atom stereocenters. The van der Waals surface area contributed by atoms with Crippen LogP contribution in [0.3, 0.4) is 0 Å². The SMILES string of the molecule is COC1CCC(NC2CC(OCC(C)C)C2(C)C)C1. The van der Waals surface area contributed by atoms with Crippen LogP contribution in [0.2, 0.25) is 0 Å². The number of hydrogen-bond acceptors (Lipinski definition) is 3. The number of ether oxygens (including phenoxy) is 2. The molecule has 2 saturated carbocycles. The van der Waals surface area contributed by atoms with Gasteiger partial charge < -0.3 is 14.8 Å². The van der Waals surface area contributed by atoms with Crippen molar-refractivity contribution in [3.63, 3.8) is 0 Å². The second kappa shape index (κ2) is 6.11. The highest BCUT2D eigenvalue weighted by Gasteiger charge is 2.49. The third kappa shape index (κ3) is 3.50. The molecule has 1 N–H and O–H groups in total. The molecule has 0 aromatic carbocycles. The Bertz CT molecular complexity index is 290. The number of hydrogen-bond donors (Lipinski definition) is 1. The van der Waals surface area contributed by atoms with Gasteiger partial charge in [-0.25, -0.2) is 0 Å². The van der Waals surface area contributed by atoms with Crippen LogP contribution in [0.15, 0.2) is 0 Å². The predicted molar refractivity (Wildman–Crippen MR) is 78.3 cm³/mol. The van der Waals surface area contributed by atoms with Gasteiger partial charge in [0.25, 0.3) is 0 Å². The summed E-state index contributed by atoms with van der Waals surface area (Å²) in [5.74, 6) is 0.625. The largest absolute Gasteiger partial charge is 0.381 e. The van der Waals surface area contributed by atoms with Gasteiger partial charge in [0.05, 0.1) is 12.2 Å². The molecular weight excluding hydrogens is 238 g/mol. The van der Waals surface area contributed by atoms with E-state index in [2.05, 4.69) is 33.0 Å². The van der Waals surface area contributed by atoms with Crippen molar-refractivity contribution in [1.29, 1.82) is 0 Å². The molecule has 2 rings (SSSR count). The third-order valence-corrected chi connectivity index (χ3v) is 4.96. The van der Waals surface area contributed by atoms with Gasteiger partial charge in [-0.05, 0) is 31.6 Å². The van der Waals surface area contributed by atoms with Crippen LogP contribution in [0.5, 0.6) is 0 Å². The Morgan fingerprint density at radius 2 is 1.95 bits per heavy atom. The summed E-state index contributed by atoms with van der Waals surface area (Å²) in [6.45, 7) is 9.98. The fourth-order valence-corrected chi connectivity index (χ4v) is 3.35. The predicted octanol–water partition coefficient (Wildman–Crippen LogP) is 2.98. The first-order valence-electron chi connectivity index (χ1n) is 7.84. The van der Waals surface area contributed by atoms with Crippen molar-refractivity contribution in [2.24, 2.45) is 11.3 Å². The molecule has 0 amide bonds. The summed E-state index contributed by atoms with van der Waals surface area (Å²) in [5, 5.41) is 3.83. The van der Waals surface area contributed by atoms with Gasteiger partial charge in [0, 0.05) is 31.2 Å². The van der Waals surface area contributed by atoms with Crippen molar-refractivity contribution in [3.05, 3.63) is 0 Å². The average Bonchev–Trinajstić information content (AvgIpc) is 2.80. The zero-order valence-corrected chi connectivity index (χ0v) is 13.2. The maximum absolute atomic E-state index is 6.03. The summed E-state index contributed by atoms with van der Waals surface area (Å²) >= 11 is 0. The van der Waals surface area contributed by atoms with Gasteiger partial charge in [0.2, 0.25) is 0 Å². The van der Waals surface area contributed by atoms with E-state index in [9.17, 15) is 0 Å². The summed E-state index contributed by atoms with van der Waals surface area (Å²) < 4.78 is 11.5. The van der Waals surface area contributed by atoms with E-state index in [-0.39, 0.29) is 5.41 Å².